The van der Waals surface area contributed by atoms with Crippen LogP contribution < -0.4 is 5.73 Å². The minimum absolute atomic E-state index is 0.425. The first kappa shape index (κ1) is 6.84. The van der Waals surface area contributed by atoms with Crippen molar-refractivity contribution in [2.75, 3.05) is 0 Å². The first-order valence-electron chi connectivity index (χ1n) is 3.50. The van der Waals surface area contributed by atoms with Crippen LogP contribution in [0.25, 0.3) is 11.0 Å². The molecule has 12 heavy (non-hydrogen) atoms. The first-order valence-corrected chi connectivity index (χ1v) is 3.50. The molecule has 0 atom stereocenters. The normalized spacial score (nSPS) is 10.3. The minimum Gasteiger partial charge on any atom is -0.366 e. The van der Waals surface area contributed by atoms with Crippen LogP contribution in [0.5, 0.6) is 0 Å². The van der Waals surface area contributed by atoms with E-state index >= 15 is 0 Å². The van der Waals surface area contributed by atoms with Gasteiger partial charge in [0, 0.05) is 5.56 Å². The summed E-state index contributed by atoms with van der Waals surface area (Å²) in [5.74, 6) is -0.425. The van der Waals surface area contributed by atoms with Crippen molar-refractivity contribution in [1.82, 2.24) is 9.97 Å². The average molecular weight is 161 g/mol. The number of amides is 1. The lowest BCUT2D eigenvalue weighted by atomic mass is 10.2. The number of nitrogens with one attached hydrogen (secondary N) is 1. The molecule has 0 aliphatic rings. The van der Waals surface area contributed by atoms with Crippen LogP contribution in [0.4, 0.5) is 0 Å². The molecule has 0 spiro atoms. The molecule has 0 saturated heterocycles. The van der Waals surface area contributed by atoms with Crippen molar-refractivity contribution in [1.29, 1.82) is 0 Å². The number of benzene rings is 1. The smallest absolute Gasteiger partial charge is 0.248 e. The lowest BCUT2D eigenvalue weighted by molar-refractivity contribution is 0.100. The van der Waals surface area contributed by atoms with E-state index in [4.69, 9.17) is 5.73 Å². The molecule has 1 aromatic carbocycles. The molecule has 0 aliphatic carbocycles. The van der Waals surface area contributed by atoms with Crippen LogP contribution in [-0.4, -0.2) is 15.9 Å². The van der Waals surface area contributed by atoms with Crippen molar-refractivity contribution < 1.29 is 4.79 Å². The largest absolute Gasteiger partial charge is 0.366 e. The van der Waals surface area contributed by atoms with E-state index in [1.165, 1.54) is 0 Å². The SMILES string of the molecule is NC(=O)c1ccc2nc[nH]c2c1. The molecule has 0 radical (unpaired) electrons. The maximum Gasteiger partial charge on any atom is 0.248 e. The van der Waals surface area contributed by atoms with Crippen molar-refractivity contribution in [3.63, 3.8) is 0 Å². The van der Waals surface area contributed by atoms with Crippen molar-refractivity contribution in [2.45, 2.75) is 0 Å². The Morgan fingerprint density at radius 2 is 2.33 bits per heavy atom. The summed E-state index contributed by atoms with van der Waals surface area (Å²) in [6.07, 6.45) is 1.58. The summed E-state index contributed by atoms with van der Waals surface area (Å²) in [6, 6.07) is 5.10. The minimum atomic E-state index is -0.425. The summed E-state index contributed by atoms with van der Waals surface area (Å²) in [6.45, 7) is 0. The number of carbonyl (C=O) groups is 1. The molecule has 4 nitrogen and oxygen atoms in total. The summed E-state index contributed by atoms with van der Waals surface area (Å²) in [4.78, 5) is 17.7. The van der Waals surface area contributed by atoms with Crippen LogP contribution in [-0.2, 0) is 0 Å². The summed E-state index contributed by atoms with van der Waals surface area (Å²) < 4.78 is 0. The molecule has 0 aliphatic heterocycles. The van der Waals surface area contributed by atoms with Gasteiger partial charge in [-0.05, 0) is 18.2 Å². The van der Waals surface area contributed by atoms with E-state index in [0.717, 1.165) is 11.0 Å². The Bertz CT molecular complexity index is 433. The van der Waals surface area contributed by atoms with Gasteiger partial charge in [0.2, 0.25) is 5.91 Å². The van der Waals surface area contributed by atoms with E-state index < -0.39 is 5.91 Å². The Kier molecular flexibility index (Phi) is 1.33. The van der Waals surface area contributed by atoms with Gasteiger partial charge in [0.15, 0.2) is 0 Å². The number of fused-ring (bicyclic) bond motifs is 1. The summed E-state index contributed by atoms with van der Waals surface area (Å²) in [5.41, 5.74) is 7.25. The second-order valence-electron chi connectivity index (χ2n) is 2.50. The quantitative estimate of drug-likeness (QED) is 0.644. The second kappa shape index (κ2) is 2.34. The Morgan fingerprint density at radius 3 is 3.08 bits per heavy atom. The lowest BCUT2D eigenvalue weighted by Crippen LogP contribution is -2.10. The molecular weight excluding hydrogens is 154 g/mol. The van der Waals surface area contributed by atoms with Gasteiger partial charge in [-0.25, -0.2) is 4.98 Å². The number of nitrogens with two attached hydrogens (primary N) is 1. The molecule has 1 amide bonds. The van der Waals surface area contributed by atoms with Gasteiger partial charge in [-0.3, -0.25) is 4.79 Å². The number of hydrogen-bond acceptors (Lipinski definition) is 2. The van der Waals surface area contributed by atoms with E-state index in [2.05, 4.69) is 9.97 Å². The molecule has 0 saturated carbocycles. The third-order valence-corrected chi connectivity index (χ3v) is 1.70. The number of aromatic nitrogens is 2. The van der Waals surface area contributed by atoms with Gasteiger partial charge in [0.05, 0.1) is 17.4 Å². The predicted molar refractivity (Wildman–Crippen MR) is 44.6 cm³/mol. The number of hydrogen-bond donors (Lipinski definition) is 2. The van der Waals surface area contributed by atoms with Crippen molar-refractivity contribution >= 4 is 16.9 Å². The second-order valence-corrected chi connectivity index (χ2v) is 2.50. The number of rotatable bonds is 1. The highest BCUT2D eigenvalue weighted by Crippen LogP contribution is 2.10. The fourth-order valence-corrected chi connectivity index (χ4v) is 1.09. The molecule has 1 aromatic heterocycles. The fourth-order valence-electron chi connectivity index (χ4n) is 1.09. The topological polar surface area (TPSA) is 71.8 Å². The highest BCUT2D eigenvalue weighted by Gasteiger charge is 2.01. The fraction of sp³-hybridized carbons (Fsp3) is 0. The Morgan fingerprint density at radius 1 is 1.50 bits per heavy atom. The van der Waals surface area contributed by atoms with E-state index in [-0.39, 0.29) is 0 Å². The van der Waals surface area contributed by atoms with Crippen molar-refractivity contribution in [2.24, 2.45) is 5.73 Å². The van der Waals surface area contributed by atoms with Gasteiger partial charge in [-0.1, -0.05) is 0 Å². The zero-order chi connectivity index (χ0) is 8.55. The predicted octanol–water partition coefficient (Wildman–Crippen LogP) is 0.662. The van der Waals surface area contributed by atoms with Crippen molar-refractivity contribution in [3.8, 4) is 0 Å². The molecule has 4 heteroatoms. The Balaban J connectivity index is 2.68. The van der Waals surface area contributed by atoms with E-state index in [1.54, 1.807) is 24.5 Å². The Hall–Kier alpha value is -1.84. The number of nitrogens with zero attached hydrogens (tertiary/aromatic N) is 1. The van der Waals surface area contributed by atoms with Gasteiger partial charge in [0.1, 0.15) is 0 Å². The summed E-state index contributed by atoms with van der Waals surface area (Å²) >= 11 is 0. The van der Waals surface area contributed by atoms with Gasteiger partial charge < -0.3 is 10.7 Å². The maximum absolute atomic E-state index is 10.8. The molecule has 2 rings (SSSR count). The highest BCUT2D eigenvalue weighted by atomic mass is 16.1. The van der Waals surface area contributed by atoms with Gasteiger partial charge >= 0.3 is 0 Å². The summed E-state index contributed by atoms with van der Waals surface area (Å²) in [5, 5.41) is 0. The highest BCUT2D eigenvalue weighted by molar-refractivity contribution is 5.96. The van der Waals surface area contributed by atoms with Crippen LogP contribution in [0.15, 0.2) is 24.5 Å². The van der Waals surface area contributed by atoms with Crippen molar-refractivity contribution in [3.05, 3.63) is 30.1 Å². The third-order valence-electron chi connectivity index (χ3n) is 1.70. The number of aromatic amines is 1. The molecule has 3 N–H and O–H groups in total. The lowest BCUT2D eigenvalue weighted by Gasteiger charge is -1.93. The van der Waals surface area contributed by atoms with Gasteiger partial charge in [0.25, 0.3) is 0 Å². The molecular formula is C8H7N3O. The third kappa shape index (κ3) is 0.934. The van der Waals surface area contributed by atoms with Crippen LogP contribution in [0, 0.1) is 0 Å². The number of imidazole rings is 1. The molecule has 0 fully saturated rings. The maximum atomic E-state index is 10.8. The number of H-pyrrole nitrogens is 1. The summed E-state index contributed by atoms with van der Waals surface area (Å²) in [7, 11) is 0. The van der Waals surface area contributed by atoms with E-state index in [0.29, 0.717) is 5.56 Å². The first-order chi connectivity index (χ1) is 5.77. The zero-order valence-electron chi connectivity index (χ0n) is 6.24. The van der Waals surface area contributed by atoms with Crippen LogP contribution in [0.3, 0.4) is 0 Å². The van der Waals surface area contributed by atoms with Crippen LogP contribution in [0.1, 0.15) is 10.4 Å². The molecule has 60 valence electrons. The van der Waals surface area contributed by atoms with Gasteiger partial charge in [-0.15, -0.1) is 0 Å². The van der Waals surface area contributed by atoms with Crippen LogP contribution >= 0.6 is 0 Å². The van der Waals surface area contributed by atoms with E-state index in [1.807, 2.05) is 0 Å². The van der Waals surface area contributed by atoms with Gasteiger partial charge in [-0.2, -0.15) is 0 Å². The molecule has 0 bridgehead atoms. The standard InChI is InChI=1S/C8H7N3O/c9-8(12)5-1-2-6-7(3-5)11-4-10-6/h1-4H,(H2,9,12)(H,10,11). The number of carbonyl (C=O) groups excluding carboxylic acids is 1. The zero-order valence-corrected chi connectivity index (χ0v) is 6.24. The molecule has 2 aromatic rings. The number of primary amides is 1. The molecule has 1 heterocycles. The monoisotopic (exact) mass is 161 g/mol. The average Bonchev–Trinajstić information content (AvgIpc) is 2.49. The Labute approximate surface area is 68.4 Å². The van der Waals surface area contributed by atoms with E-state index in [9.17, 15) is 4.79 Å². The van der Waals surface area contributed by atoms with Crippen LogP contribution in [0.2, 0.25) is 0 Å². The molecule has 0 unspecified atom stereocenters.